The fraction of sp³-hybridized carbons (Fsp3) is 0.400. The predicted molar refractivity (Wildman–Crippen MR) is 87.4 cm³/mol. The molecule has 0 amide bonds. The third-order valence-corrected chi connectivity index (χ3v) is 5.63. The first kappa shape index (κ1) is 13.7. The summed E-state index contributed by atoms with van der Waals surface area (Å²) in [4.78, 5) is 0. The summed E-state index contributed by atoms with van der Waals surface area (Å²) in [5.74, 6) is 2.50. The fourth-order valence-electron chi connectivity index (χ4n) is 4.62. The Labute approximate surface area is 131 Å². The molecule has 2 aliphatic carbocycles. The van der Waals surface area contributed by atoms with E-state index in [-0.39, 0.29) is 0 Å². The molecule has 114 valence electrons. The van der Waals surface area contributed by atoms with Crippen molar-refractivity contribution in [2.75, 3.05) is 0 Å². The van der Waals surface area contributed by atoms with Gasteiger partial charge in [-0.3, -0.25) is 0 Å². The molecule has 0 aromatic heterocycles. The Morgan fingerprint density at radius 1 is 0.773 bits per heavy atom. The van der Waals surface area contributed by atoms with Crippen LogP contribution in [0, 0.1) is 5.92 Å². The molecule has 0 spiro atoms. The quantitative estimate of drug-likeness (QED) is 0.799. The number of fused-ring (bicyclic) bond motifs is 3. The van der Waals surface area contributed by atoms with Crippen LogP contribution in [0.5, 0.6) is 11.5 Å². The molecule has 2 heteroatoms. The number of aromatic hydroxyl groups is 2. The smallest absolute Gasteiger partial charge is 0.115 e. The number of benzene rings is 2. The highest BCUT2D eigenvalue weighted by molar-refractivity contribution is 5.43. The third-order valence-electron chi connectivity index (χ3n) is 5.63. The standard InChI is InChI=1S/C20H22O2/c21-15-8-5-13(6-9-15)19-11-14-7-10-16(22)12-20(14)18-4-2-1-3-17(18)19/h5-10,12,17-19,21-22H,1-4,11H2/t17-,18+,19-/m1/s1. The van der Waals surface area contributed by atoms with Gasteiger partial charge in [-0.15, -0.1) is 0 Å². The predicted octanol–water partition coefficient (Wildman–Crippen LogP) is 4.71. The highest BCUT2D eigenvalue weighted by Gasteiger charge is 2.38. The maximum Gasteiger partial charge on any atom is 0.115 e. The van der Waals surface area contributed by atoms with Gasteiger partial charge in [0.25, 0.3) is 0 Å². The first-order chi connectivity index (χ1) is 10.7. The lowest BCUT2D eigenvalue weighted by atomic mass is 9.61. The fourth-order valence-corrected chi connectivity index (χ4v) is 4.62. The maximum absolute atomic E-state index is 9.86. The molecule has 0 unspecified atom stereocenters. The maximum atomic E-state index is 9.86. The molecule has 2 aliphatic rings. The molecule has 0 aliphatic heterocycles. The Hall–Kier alpha value is -1.96. The van der Waals surface area contributed by atoms with E-state index in [0.717, 1.165) is 6.42 Å². The van der Waals surface area contributed by atoms with E-state index in [4.69, 9.17) is 0 Å². The summed E-state index contributed by atoms with van der Waals surface area (Å²) in [6, 6.07) is 13.7. The van der Waals surface area contributed by atoms with Gasteiger partial charge in [-0.05, 0) is 78.0 Å². The number of hydrogen-bond donors (Lipinski definition) is 2. The first-order valence-electron chi connectivity index (χ1n) is 8.33. The molecular weight excluding hydrogens is 272 g/mol. The van der Waals surface area contributed by atoms with Crippen LogP contribution >= 0.6 is 0 Å². The molecular formula is C20H22O2. The van der Waals surface area contributed by atoms with Gasteiger partial charge >= 0.3 is 0 Å². The summed E-state index contributed by atoms with van der Waals surface area (Å²) >= 11 is 0. The van der Waals surface area contributed by atoms with Gasteiger partial charge in [0.05, 0.1) is 0 Å². The lowest BCUT2D eigenvalue weighted by Gasteiger charge is -2.43. The number of rotatable bonds is 1. The summed E-state index contributed by atoms with van der Waals surface area (Å²) < 4.78 is 0. The summed E-state index contributed by atoms with van der Waals surface area (Å²) in [6.45, 7) is 0. The highest BCUT2D eigenvalue weighted by atomic mass is 16.3. The van der Waals surface area contributed by atoms with Gasteiger partial charge in [0.1, 0.15) is 11.5 Å². The van der Waals surface area contributed by atoms with E-state index in [1.165, 1.54) is 42.4 Å². The Bertz CT molecular complexity index is 675. The average Bonchev–Trinajstić information content (AvgIpc) is 2.55. The molecule has 22 heavy (non-hydrogen) atoms. The van der Waals surface area contributed by atoms with Gasteiger partial charge in [0.15, 0.2) is 0 Å². The van der Waals surface area contributed by atoms with Crippen LogP contribution in [0.4, 0.5) is 0 Å². The van der Waals surface area contributed by atoms with Crippen molar-refractivity contribution in [2.45, 2.75) is 43.9 Å². The SMILES string of the molecule is Oc1ccc([C@H]2Cc3ccc(O)cc3[C@H]3CCCC[C@@H]23)cc1. The van der Waals surface area contributed by atoms with Crippen molar-refractivity contribution in [1.29, 1.82) is 0 Å². The minimum absolute atomic E-state index is 0.338. The molecule has 2 N–H and O–H groups in total. The van der Waals surface area contributed by atoms with E-state index in [0.29, 0.717) is 29.3 Å². The van der Waals surface area contributed by atoms with Crippen LogP contribution < -0.4 is 0 Å². The molecule has 0 saturated heterocycles. The lowest BCUT2D eigenvalue weighted by Crippen LogP contribution is -2.30. The summed E-state index contributed by atoms with van der Waals surface area (Å²) in [7, 11) is 0. The monoisotopic (exact) mass is 294 g/mol. The van der Waals surface area contributed by atoms with Crippen molar-refractivity contribution in [1.82, 2.24) is 0 Å². The van der Waals surface area contributed by atoms with Crippen LogP contribution in [0.15, 0.2) is 42.5 Å². The van der Waals surface area contributed by atoms with Crippen LogP contribution in [-0.2, 0) is 6.42 Å². The van der Waals surface area contributed by atoms with Crippen molar-refractivity contribution in [3.05, 3.63) is 59.2 Å². The Morgan fingerprint density at radius 3 is 2.32 bits per heavy atom. The van der Waals surface area contributed by atoms with Crippen molar-refractivity contribution < 1.29 is 10.2 Å². The van der Waals surface area contributed by atoms with Crippen LogP contribution in [0.1, 0.15) is 54.2 Å². The summed E-state index contributed by atoms with van der Waals surface area (Å²) in [5, 5.41) is 19.4. The third kappa shape index (κ3) is 2.27. The van der Waals surface area contributed by atoms with E-state index in [9.17, 15) is 10.2 Å². The molecule has 3 atom stereocenters. The topological polar surface area (TPSA) is 40.5 Å². The minimum atomic E-state index is 0.338. The Morgan fingerprint density at radius 2 is 1.50 bits per heavy atom. The molecule has 0 radical (unpaired) electrons. The largest absolute Gasteiger partial charge is 0.508 e. The van der Waals surface area contributed by atoms with Gasteiger partial charge in [0, 0.05) is 0 Å². The van der Waals surface area contributed by atoms with E-state index >= 15 is 0 Å². The Kier molecular flexibility index (Phi) is 3.33. The van der Waals surface area contributed by atoms with Crippen molar-refractivity contribution in [2.24, 2.45) is 5.92 Å². The minimum Gasteiger partial charge on any atom is -0.508 e. The van der Waals surface area contributed by atoms with Crippen molar-refractivity contribution >= 4 is 0 Å². The first-order valence-corrected chi connectivity index (χ1v) is 8.33. The number of phenolic OH excluding ortho intramolecular Hbond substituents is 2. The van der Waals surface area contributed by atoms with Gasteiger partial charge in [-0.1, -0.05) is 31.0 Å². The average molecular weight is 294 g/mol. The van der Waals surface area contributed by atoms with Crippen LogP contribution in [0.3, 0.4) is 0 Å². The molecule has 4 rings (SSSR count). The number of hydrogen-bond acceptors (Lipinski definition) is 2. The van der Waals surface area contributed by atoms with Crippen LogP contribution in [0.25, 0.3) is 0 Å². The zero-order valence-corrected chi connectivity index (χ0v) is 12.7. The molecule has 1 fully saturated rings. The zero-order valence-electron chi connectivity index (χ0n) is 12.7. The van der Waals surface area contributed by atoms with Gasteiger partial charge in [-0.2, -0.15) is 0 Å². The highest BCUT2D eigenvalue weighted by Crippen LogP contribution is 2.51. The van der Waals surface area contributed by atoms with E-state index in [2.05, 4.69) is 18.2 Å². The molecule has 2 aromatic rings. The second-order valence-electron chi connectivity index (χ2n) is 6.84. The molecule has 0 heterocycles. The summed E-state index contributed by atoms with van der Waals surface area (Å²) in [5.41, 5.74) is 4.10. The second kappa shape index (κ2) is 5.35. The molecule has 0 bridgehead atoms. The van der Waals surface area contributed by atoms with E-state index < -0.39 is 0 Å². The summed E-state index contributed by atoms with van der Waals surface area (Å²) in [6.07, 6.45) is 6.14. The van der Waals surface area contributed by atoms with Crippen molar-refractivity contribution in [3.63, 3.8) is 0 Å². The van der Waals surface area contributed by atoms with Gasteiger partial charge in [-0.25, -0.2) is 0 Å². The molecule has 2 aromatic carbocycles. The van der Waals surface area contributed by atoms with Crippen molar-refractivity contribution in [3.8, 4) is 11.5 Å². The van der Waals surface area contributed by atoms with Crippen LogP contribution in [0.2, 0.25) is 0 Å². The number of phenols is 2. The molecule has 2 nitrogen and oxygen atoms in total. The van der Waals surface area contributed by atoms with Gasteiger partial charge < -0.3 is 10.2 Å². The molecule has 1 saturated carbocycles. The lowest BCUT2D eigenvalue weighted by molar-refractivity contribution is 0.242. The second-order valence-corrected chi connectivity index (χ2v) is 6.84. The Balaban J connectivity index is 1.77. The van der Waals surface area contributed by atoms with E-state index in [1.807, 2.05) is 12.1 Å². The zero-order chi connectivity index (χ0) is 15.1. The van der Waals surface area contributed by atoms with E-state index in [1.54, 1.807) is 12.1 Å². The van der Waals surface area contributed by atoms with Gasteiger partial charge in [0.2, 0.25) is 0 Å². The normalized spacial score (nSPS) is 27.0. The van der Waals surface area contributed by atoms with Crippen LogP contribution in [-0.4, -0.2) is 10.2 Å².